The van der Waals surface area contributed by atoms with Gasteiger partial charge in [0.25, 0.3) is 0 Å². The van der Waals surface area contributed by atoms with Crippen LogP contribution < -0.4 is 0 Å². The number of rotatable bonds is 0. The van der Waals surface area contributed by atoms with Crippen LogP contribution in [0.25, 0.3) is 0 Å². The lowest BCUT2D eigenvalue weighted by molar-refractivity contribution is 0.548. The fourth-order valence-corrected chi connectivity index (χ4v) is 2.14. The van der Waals surface area contributed by atoms with Crippen LogP contribution in [0.1, 0.15) is 62.3 Å². The first-order valence-corrected chi connectivity index (χ1v) is 6.42. The Bertz CT molecular complexity index is 233. The van der Waals surface area contributed by atoms with Crippen molar-refractivity contribution in [1.82, 2.24) is 0 Å². The first kappa shape index (κ1) is 15.0. The smallest absolute Gasteiger partial charge is 0.0741 e. The highest BCUT2D eigenvalue weighted by Gasteiger charge is 2.26. The minimum Gasteiger partial charge on any atom is -0.277 e. The van der Waals surface area contributed by atoms with Crippen molar-refractivity contribution >= 4 is 16.8 Å². The predicted molar refractivity (Wildman–Crippen MR) is 74.0 cm³/mol. The Kier molecular flexibility index (Phi) is 4.49. The van der Waals surface area contributed by atoms with Crippen molar-refractivity contribution in [3.63, 3.8) is 0 Å². The quantitative estimate of drug-likeness (QED) is 0.431. The fourth-order valence-electron chi connectivity index (χ4n) is 0.938. The first-order chi connectivity index (χ1) is 6.31. The molecule has 0 aromatic heterocycles. The van der Waals surface area contributed by atoms with Gasteiger partial charge in [0.1, 0.15) is 0 Å². The molecule has 0 fully saturated rings. The Balaban J connectivity index is 5.02. The summed E-state index contributed by atoms with van der Waals surface area (Å²) in [6.07, 6.45) is 0. The highest BCUT2D eigenvalue weighted by atomic mass is 32.2. The lowest BCUT2D eigenvalue weighted by Crippen LogP contribution is -2.26. The molecule has 0 spiro atoms. The van der Waals surface area contributed by atoms with Gasteiger partial charge in [0.15, 0.2) is 0 Å². The Hall–Kier alpha value is 0.0200. The van der Waals surface area contributed by atoms with Gasteiger partial charge in [0.05, 0.1) is 10.6 Å². The lowest BCUT2D eigenvalue weighted by Gasteiger charge is -2.30. The van der Waals surface area contributed by atoms with E-state index in [2.05, 4.69) is 62.3 Å². The van der Waals surface area contributed by atoms with E-state index in [0.717, 1.165) is 0 Å². The second-order valence-corrected chi connectivity index (χ2v) is 8.87. The van der Waals surface area contributed by atoms with Gasteiger partial charge in [-0.2, -0.15) is 0 Å². The minimum absolute atomic E-state index is 0.0147. The summed E-state index contributed by atoms with van der Waals surface area (Å²) < 4.78 is 0.233. The zero-order valence-electron chi connectivity index (χ0n) is 11.9. The minimum atomic E-state index is 0.0147. The van der Waals surface area contributed by atoms with Crippen LogP contribution in [-0.4, -0.2) is 15.3 Å². The maximum absolute atomic E-state index is 4.85. The van der Waals surface area contributed by atoms with Crippen LogP contribution >= 0.6 is 11.8 Å². The molecule has 90 valence electrons. The lowest BCUT2D eigenvalue weighted by atomic mass is 9.97. The molecule has 0 rings (SSSR count). The van der Waals surface area contributed by atoms with Gasteiger partial charge in [-0.1, -0.05) is 41.5 Å². The molecule has 0 aromatic carbocycles. The van der Waals surface area contributed by atoms with Gasteiger partial charge in [0, 0.05) is 10.2 Å². The summed E-state index contributed by atoms with van der Waals surface area (Å²) in [4.78, 5) is 4.85. The third-order valence-corrected chi connectivity index (χ3v) is 2.99. The standard InChI is InChI=1S/C13H27NS/c1-11(2,3)10(14-12(4,5)6)15-13(7,8)9/h1-9H3/b14-10-. The van der Waals surface area contributed by atoms with Crippen LogP contribution in [0.2, 0.25) is 0 Å². The van der Waals surface area contributed by atoms with Crippen molar-refractivity contribution in [2.45, 2.75) is 72.6 Å². The summed E-state index contributed by atoms with van der Waals surface area (Å²) in [5, 5.41) is 1.25. The van der Waals surface area contributed by atoms with Gasteiger partial charge in [-0.3, -0.25) is 4.99 Å². The SMILES string of the molecule is CC(C)(C)/N=C(\SC(C)(C)C)C(C)(C)C. The third kappa shape index (κ3) is 7.89. The van der Waals surface area contributed by atoms with Crippen molar-refractivity contribution in [2.24, 2.45) is 10.4 Å². The molecular formula is C13H27NS. The molecule has 0 aliphatic heterocycles. The molecule has 0 atom stereocenters. The van der Waals surface area contributed by atoms with E-state index in [1.807, 2.05) is 11.8 Å². The summed E-state index contributed by atoms with van der Waals surface area (Å²) >= 11 is 1.89. The summed E-state index contributed by atoms with van der Waals surface area (Å²) in [6.45, 7) is 19.9. The molecule has 0 amide bonds. The van der Waals surface area contributed by atoms with Crippen LogP contribution in [0.5, 0.6) is 0 Å². The van der Waals surface area contributed by atoms with Crippen LogP contribution in [0.3, 0.4) is 0 Å². The Morgan fingerprint density at radius 3 is 1.40 bits per heavy atom. The number of nitrogens with zero attached hydrogens (tertiary/aromatic N) is 1. The van der Waals surface area contributed by atoms with Crippen molar-refractivity contribution in [3.05, 3.63) is 0 Å². The van der Waals surface area contributed by atoms with E-state index in [0.29, 0.717) is 0 Å². The zero-order chi connectivity index (χ0) is 12.5. The fraction of sp³-hybridized carbons (Fsp3) is 0.923. The molecule has 0 unspecified atom stereocenters. The average Bonchev–Trinajstić information content (AvgIpc) is 1.75. The van der Waals surface area contributed by atoms with Gasteiger partial charge in [-0.15, -0.1) is 11.8 Å². The number of aliphatic imine (C=N–C) groups is 1. The van der Waals surface area contributed by atoms with Crippen molar-refractivity contribution in [3.8, 4) is 0 Å². The van der Waals surface area contributed by atoms with E-state index in [-0.39, 0.29) is 15.7 Å². The third-order valence-electron chi connectivity index (χ3n) is 1.48. The Labute approximate surface area is 100 Å². The van der Waals surface area contributed by atoms with Crippen molar-refractivity contribution in [1.29, 1.82) is 0 Å². The van der Waals surface area contributed by atoms with E-state index < -0.39 is 0 Å². The maximum atomic E-state index is 4.85. The van der Waals surface area contributed by atoms with Crippen molar-refractivity contribution < 1.29 is 0 Å². The topological polar surface area (TPSA) is 12.4 Å². The van der Waals surface area contributed by atoms with Crippen LogP contribution in [0.15, 0.2) is 4.99 Å². The van der Waals surface area contributed by atoms with E-state index in [9.17, 15) is 0 Å². The second-order valence-electron chi connectivity index (χ2n) is 7.05. The van der Waals surface area contributed by atoms with E-state index >= 15 is 0 Å². The monoisotopic (exact) mass is 229 g/mol. The van der Waals surface area contributed by atoms with Gasteiger partial charge in [-0.05, 0) is 20.8 Å². The average molecular weight is 229 g/mol. The van der Waals surface area contributed by atoms with Crippen LogP contribution in [0.4, 0.5) is 0 Å². The molecule has 1 nitrogen and oxygen atoms in total. The molecular weight excluding hydrogens is 202 g/mol. The first-order valence-electron chi connectivity index (χ1n) is 5.61. The molecule has 0 heterocycles. The largest absolute Gasteiger partial charge is 0.277 e. The summed E-state index contributed by atoms with van der Waals surface area (Å²) in [6, 6.07) is 0. The number of thioether (sulfide) groups is 1. The molecule has 2 heteroatoms. The van der Waals surface area contributed by atoms with Crippen LogP contribution in [-0.2, 0) is 0 Å². The molecule has 0 saturated carbocycles. The zero-order valence-corrected chi connectivity index (χ0v) is 12.7. The second kappa shape index (κ2) is 4.48. The number of hydrogen-bond acceptors (Lipinski definition) is 2. The molecule has 15 heavy (non-hydrogen) atoms. The summed E-state index contributed by atoms with van der Waals surface area (Å²) in [7, 11) is 0. The highest BCUT2D eigenvalue weighted by Crippen LogP contribution is 2.34. The van der Waals surface area contributed by atoms with Crippen molar-refractivity contribution in [2.75, 3.05) is 0 Å². The van der Waals surface area contributed by atoms with Crippen LogP contribution in [0, 0.1) is 5.41 Å². The maximum Gasteiger partial charge on any atom is 0.0741 e. The molecule has 0 aliphatic carbocycles. The van der Waals surface area contributed by atoms with Gasteiger partial charge >= 0.3 is 0 Å². The molecule has 0 aliphatic rings. The highest BCUT2D eigenvalue weighted by molar-refractivity contribution is 8.15. The number of hydrogen-bond donors (Lipinski definition) is 0. The van der Waals surface area contributed by atoms with Gasteiger partial charge in [-0.25, -0.2) is 0 Å². The van der Waals surface area contributed by atoms with E-state index in [4.69, 9.17) is 4.99 Å². The van der Waals surface area contributed by atoms with E-state index in [1.54, 1.807) is 0 Å². The normalized spacial score (nSPS) is 15.7. The van der Waals surface area contributed by atoms with E-state index in [1.165, 1.54) is 5.04 Å². The molecule has 0 N–H and O–H groups in total. The van der Waals surface area contributed by atoms with Gasteiger partial charge < -0.3 is 0 Å². The predicted octanol–water partition coefficient (Wildman–Crippen LogP) is 4.76. The Morgan fingerprint density at radius 2 is 1.20 bits per heavy atom. The Morgan fingerprint density at radius 1 is 0.800 bits per heavy atom. The molecule has 0 saturated heterocycles. The summed E-state index contributed by atoms with van der Waals surface area (Å²) in [5.41, 5.74) is 0.159. The molecule has 0 bridgehead atoms. The molecule has 0 aromatic rings. The molecule has 0 radical (unpaired) electrons. The van der Waals surface area contributed by atoms with Gasteiger partial charge in [0.2, 0.25) is 0 Å². The summed E-state index contributed by atoms with van der Waals surface area (Å²) in [5.74, 6) is 0.